The van der Waals surface area contributed by atoms with Crippen molar-refractivity contribution in [2.75, 3.05) is 12.4 Å². The molecule has 0 aliphatic carbocycles. The first-order valence-corrected chi connectivity index (χ1v) is 5.97. The van der Waals surface area contributed by atoms with E-state index in [-0.39, 0.29) is 5.75 Å². The molecular formula is C13H14N4O2. The minimum atomic E-state index is 0.224. The fraction of sp³-hybridized carbons (Fsp3) is 0.231. The Morgan fingerprint density at radius 1 is 1.21 bits per heavy atom. The Hall–Kier alpha value is -2.34. The lowest BCUT2D eigenvalue weighted by Crippen LogP contribution is -2.03. The number of hydrogen-bond acceptors (Lipinski definition) is 6. The molecule has 0 unspecified atom stereocenters. The number of aromatic hydroxyl groups is 1. The van der Waals surface area contributed by atoms with Crippen LogP contribution in [0, 0.1) is 0 Å². The summed E-state index contributed by atoms with van der Waals surface area (Å²) in [6.45, 7) is 1.45. The van der Waals surface area contributed by atoms with Crippen LogP contribution in [0.5, 0.6) is 11.6 Å². The molecule has 0 saturated heterocycles. The average molecular weight is 258 g/mol. The third-order valence-electron chi connectivity index (χ3n) is 2.97. The molecule has 0 amide bonds. The molecule has 1 aromatic heterocycles. The van der Waals surface area contributed by atoms with Crippen molar-refractivity contribution in [3.05, 3.63) is 35.5 Å². The van der Waals surface area contributed by atoms with E-state index in [4.69, 9.17) is 4.74 Å². The second kappa shape index (κ2) is 4.74. The number of hydrogen-bond donors (Lipinski definition) is 3. The maximum Gasteiger partial charge on any atom is 0.230 e. The van der Waals surface area contributed by atoms with E-state index >= 15 is 0 Å². The third kappa shape index (κ3) is 2.30. The summed E-state index contributed by atoms with van der Waals surface area (Å²) in [7, 11) is 1.60. The van der Waals surface area contributed by atoms with Crippen molar-refractivity contribution in [3.8, 4) is 11.6 Å². The van der Waals surface area contributed by atoms with E-state index < -0.39 is 0 Å². The van der Waals surface area contributed by atoms with Gasteiger partial charge in [-0.1, -0.05) is 0 Å². The van der Waals surface area contributed by atoms with E-state index in [1.165, 1.54) is 0 Å². The van der Waals surface area contributed by atoms with E-state index in [2.05, 4.69) is 20.6 Å². The van der Waals surface area contributed by atoms with Gasteiger partial charge in [0.1, 0.15) is 5.75 Å². The summed E-state index contributed by atoms with van der Waals surface area (Å²) >= 11 is 0. The van der Waals surface area contributed by atoms with Crippen molar-refractivity contribution >= 4 is 11.6 Å². The maximum absolute atomic E-state index is 9.24. The van der Waals surface area contributed by atoms with Crippen LogP contribution in [-0.4, -0.2) is 22.2 Å². The second-order valence-corrected chi connectivity index (χ2v) is 4.26. The number of anilines is 2. The molecule has 0 radical (unpaired) electrons. The lowest BCUT2D eigenvalue weighted by atomic mass is 10.2. The SMILES string of the molecule is COc1nc(Nc2ccc(O)cc2)nc2c1CNC2. The highest BCUT2D eigenvalue weighted by Crippen LogP contribution is 2.26. The quantitative estimate of drug-likeness (QED) is 0.725. The minimum absolute atomic E-state index is 0.224. The normalized spacial score (nSPS) is 13.1. The lowest BCUT2D eigenvalue weighted by molar-refractivity contribution is 0.392. The van der Waals surface area contributed by atoms with E-state index in [0.29, 0.717) is 11.8 Å². The number of methoxy groups -OCH3 is 1. The van der Waals surface area contributed by atoms with Crippen LogP contribution in [0.2, 0.25) is 0 Å². The lowest BCUT2D eigenvalue weighted by Gasteiger charge is -2.09. The Balaban J connectivity index is 1.91. The van der Waals surface area contributed by atoms with Gasteiger partial charge in [-0.25, -0.2) is 4.98 Å². The zero-order valence-electron chi connectivity index (χ0n) is 10.5. The van der Waals surface area contributed by atoms with Crippen LogP contribution in [0.4, 0.5) is 11.6 Å². The minimum Gasteiger partial charge on any atom is -0.508 e. The molecule has 1 aliphatic rings. The molecule has 0 spiro atoms. The Morgan fingerprint density at radius 2 is 2.00 bits per heavy atom. The summed E-state index contributed by atoms with van der Waals surface area (Å²) in [6, 6.07) is 6.73. The first kappa shape index (κ1) is 11.7. The molecule has 6 heteroatoms. The highest BCUT2D eigenvalue weighted by Gasteiger charge is 2.19. The standard InChI is InChI=1S/C13H14N4O2/c1-19-12-10-6-14-7-11(10)16-13(17-12)15-8-2-4-9(18)5-3-8/h2-5,14,18H,6-7H2,1H3,(H,15,16,17). The van der Waals surface area contributed by atoms with Gasteiger partial charge in [-0.2, -0.15) is 4.98 Å². The summed E-state index contributed by atoms with van der Waals surface area (Å²) in [5.41, 5.74) is 2.78. The number of aromatic nitrogens is 2. The first-order valence-electron chi connectivity index (χ1n) is 5.97. The molecule has 0 atom stereocenters. The average Bonchev–Trinajstić information content (AvgIpc) is 2.89. The molecule has 19 heavy (non-hydrogen) atoms. The fourth-order valence-corrected chi connectivity index (χ4v) is 2.04. The van der Waals surface area contributed by atoms with Crippen molar-refractivity contribution in [3.63, 3.8) is 0 Å². The van der Waals surface area contributed by atoms with Gasteiger partial charge in [-0.05, 0) is 24.3 Å². The van der Waals surface area contributed by atoms with Crippen molar-refractivity contribution in [2.45, 2.75) is 13.1 Å². The zero-order valence-corrected chi connectivity index (χ0v) is 10.5. The Labute approximate surface area is 110 Å². The number of nitrogens with one attached hydrogen (secondary N) is 2. The molecule has 0 saturated carbocycles. The summed E-state index contributed by atoms with van der Waals surface area (Å²) in [5, 5.41) is 15.6. The van der Waals surface area contributed by atoms with Crippen molar-refractivity contribution < 1.29 is 9.84 Å². The molecular weight excluding hydrogens is 244 g/mol. The maximum atomic E-state index is 9.24. The van der Waals surface area contributed by atoms with Gasteiger partial charge in [0.25, 0.3) is 0 Å². The predicted molar refractivity (Wildman–Crippen MR) is 70.5 cm³/mol. The smallest absolute Gasteiger partial charge is 0.230 e. The van der Waals surface area contributed by atoms with Crippen LogP contribution in [0.1, 0.15) is 11.3 Å². The molecule has 2 heterocycles. The van der Waals surface area contributed by atoms with Gasteiger partial charge in [-0.15, -0.1) is 0 Å². The number of phenols is 1. The Kier molecular flexibility index (Phi) is 2.92. The van der Waals surface area contributed by atoms with Gasteiger partial charge in [-0.3, -0.25) is 0 Å². The van der Waals surface area contributed by atoms with Crippen molar-refractivity contribution in [2.24, 2.45) is 0 Å². The van der Waals surface area contributed by atoms with Crippen LogP contribution in [0.3, 0.4) is 0 Å². The highest BCUT2D eigenvalue weighted by atomic mass is 16.5. The number of nitrogens with zero attached hydrogens (tertiary/aromatic N) is 2. The van der Waals surface area contributed by atoms with E-state index in [1.54, 1.807) is 31.4 Å². The largest absolute Gasteiger partial charge is 0.508 e. The van der Waals surface area contributed by atoms with Crippen LogP contribution < -0.4 is 15.4 Å². The summed E-state index contributed by atoms with van der Waals surface area (Å²) in [5.74, 6) is 1.31. The highest BCUT2D eigenvalue weighted by molar-refractivity contribution is 5.55. The Bertz CT molecular complexity index is 598. The second-order valence-electron chi connectivity index (χ2n) is 4.26. The van der Waals surface area contributed by atoms with Gasteiger partial charge >= 0.3 is 0 Å². The van der Waals surface area contributed by atoms with Crippen molar-refractivity contribution in [1.29, 1.82) is 0 Å². The van der Waals surface area contributed by atoms with Gasteiger partial charge in [0, 0.05) is 18.8 Å². The zero-order chi connectivity index (χ0) is 13.2. The van der Waals surface area contributed by atoms with Crippen molar-refractivity contribution in [1.82, 2.24) is 15.3 Å². The van der Waals surface area contributed by atoms with Crippen LogP contribution in [0.15, 0.2) is 24.3 Å². The van der Waals surface area contributed by atoms with E-state index in [9.17, 15) is 5.11 Å². The molecule has 3 N–H and O–H groups in total. The number of ether oxygens (including phenoxy) is 1. The summed E-state index contributed by atoms with van der Waals surface area (Å²) < 4.78 is 5.28. The number of benzene rings is 1. The van der Waals surface area contributed by atoms with E-state index in [0.717, 1.165) is 30.0 Å². The van der Waals surface area contributed by atoms with Crippen LogP contribution in [-0.2, 0) is 13.1 Å². The number of rotatable bonds is 3. The molecule has 1 aliphatic heterocycles. The Morgan fingerprint density at radius 3 is 2.74 bits per heavy atom. The summed E-state index contributed by atoms with van der Waals surface area (Å²) in [6.07, 6.45) is 0. The predicted octanol–water partition coefficient (Wildman–Crippen LogP) is 1.54. The van der Waals surface area contributed by atoms with Gasteiger partial charge < -0.3 is 20.5 Å². The number of fused-ring (bicyclic) bond motifs is 1. The van der Waals surface area contributed by atoms with Crippen LogP contribution in [0.25, 0.3) is 0 Å². The molecule has 0 bridgehead atoms. The first-order chi connectivity index (χ1) is 9.26. The molecule has 2 aromatic rings. The topological polar surface area (TPSA) is 79.3 Å². The summed E-state index contributed by atoms with van der Waals surface area (Å²) in [4.78, 5) is 8.79. The van der Waals surface area contributed by atoms with Crippen LogP contribution >= 0.6 is 0 Å². The molecule has 6 nitrogen and oxygen atoms in total. The molecule has 1 aromatic carbocycles. The molecule has 0 fully saturated rings. The number of phenolic OH excluding ortho intramolecular Hbond substituents is 1. The van der Waals surface area contributed by atoms with E-state index in [1.807, 2.05) is 0 Å². The van der Waals surface area contributed by atoms with Gasteiger partial charge in [0.2, 0.25) is 11.8 Å². The fourth-order valence-electron chi connectivity index (χ4n) is 2.04. The molecule has 98 valence electrons. The van der Waals surface area contributed by atoms with Gasteiger partial charge in [0.15, 0.2) is 0 Å². The molecule has 3 rings (SSSR count). The monoisotopic (exact) mass is 258 g/mol. The third-order valence-corrected chi connectivity index (χ3v) is 2.97. The van der Waals surface area contributed by atoms with Gasteiger partial charge in [0.05, 0.1) is 18.4 Å².